The first-order chi connectivity index (χ1) is 18.8. The maximum absolute atomic E-state index is 14.9. The van der Waals surface area contributed by atoms with Crippen molar-refractivity contribution in [3.63, 3.8) is 0 Å². The Morgan fingerprint density at radius 1 is 1.07 bits per heavy atom. The molecule has 0 aliphatic heterocycles. The molecule has 4 rings (SSSR count). The van der Waals surface area contributed by atoms with Gasteiger partial charge in [0.1, 0.15) is 22.0 Å². The second kappa shape index (κ2) is 10.9. The molecule has 10 nitrogen and oxygen atoms in total. The maximum Gasteiger partial charge on any atom is 0.422 e. The van der Waals surface area contributed by atoms with E-state index in [1.807, 2.05) is 0 Å². The van der Waals surface area contributed by atoms with Crippen LogP contribution in [0.3, 0.4) is 0 Å². The summed E-state index contributed by atoms with van der Waals surface area (Å²) in [6.07, 6.45) is -5.74. The lowest BCUT2D eigenvalue weighted by molar-refractivity contribution is -0.145. The van der Waals surface area contributed by atoms with E-state index >= 15 is 0 Å². The molecule has 17 heteroatoms. The number of hydrogen-bond acceptors (Lipinski definition) is 8. The Kier molecular flexibility index (Phi) is 7.91. The first-order valence-corrected chi connectivity index (χ1v) is 12.8. The van der Waals surface area contributed by atoms with E-state index in [2.05, 4.69) is 4.99 Å². The maximum atomic E-state index is 14.9. The lowest BCUT2D eigenvalue weighted by Gasteiger charge is -2.14. The van der Waals surface area contributed by atoms with Gasteiger partial charge < -0.3 is 10.5 Å². The van der Waals surface area contributed by atoms with Crippen LogP contribution >= 0.6 is 22.7 Å². The lowest BCUT2D eigenvalue weighted by atomic mass is 10.1. The van der Waals surface area contributed by atoms with Gasteiger partial charge in [0.2, 0.25) is 0 Å². The average molecular weight is 604 g/mol. The number of halogens is 5. The Bertz CT molecular complexity index is 1850. The predicted octanol–water partition coefficient (Wildman–Crippen LogP) is 2.26. The number of thiazole rings is 1. The number of esters is 1. The summed E-state index contributed by atoms with van der Waals surface area (Å²) in [5.74, 6) is -5.45. The number of rotatable bonds is 6. The Hall–Kier alpha value is -3.96. The Morgan fingerprint density at radius 2 is 1.77 bits per heavy atom. The third-order valence-electron chi connectivity index (χ3n) is 5.78. The number of amides is 1. The molecule has 0 aliphatic rings. The zero-order chi connectivity index (χ0) is 29.5. The molecular weight excluding hydrogens is 585 g/mol. The number of carbonyl (C=O) groups excluding carboxylic acids is 2. The van der Waals surface area contributed by atoms with Crippen LogP contribution in [0.5, 0.6) is 0 Å². The second-order valence-corrected chi connectivity index (χ2v) is 9.99. The summed E-state index contributed by atoms with van der Waals surface area (Å²) in [5.41, 5.74) is 1.25. The van der Waals surface area contributed by atoms with E-state index < -0.39 is 71.8 Å². The zero-order valence-electron chi connectivity index (χ0n) is 20.5. The molecular formula is C23H18F5N5O5S2. The molecule has 0 spiro atoms. The highest BCUT2D eigenvalue weighted by Crippen LogP contribution is 2.37. The third-order valence-corrected chi connectivity index (χ3v) is 7.74. The van der Waals surface area contributed by atoms with Crippen molar-refractivity contribution in [2.75, 3.05) is 6.54 Å². The molecule has 0 aliphatic carbocycles. The molecule has 0 fully saturated rings. The van der Waals surface area contributed by atoms with E-state index in [-0.39, 0.29) is 21.4 Å². The van der Waals surface area contributed by atoms with Crippen LogP contribution < -0.4 is 21.8 Å². The number of alkyl halides is 3. The second-order valence-electron chi connectivity index (χ2n) is 8.29. The first-order valence-electron chi connectivity index (χ1n) is 11.1. The standard InChI is InChI=1S/C23H18F5N5O5S2/c1-31-19(36)16-10(7-39-20(16)32(2)22(31)37)5-14(34)30-21-33(9-38-15(35)6-29)13(8-40-21)11-3-4-12(24)17(18(11)25)23(26,27)28/h3-4,7-8H,5-6,9,29H2,1-2H3/b30-21-. The van der Waals surface area contributed by atoms with Crippen LogP contribution in [0, 0.1) is 11.6 Å². The largest absolute Gasteiger partial charge is 0.443 e. The summed E-state index contributed by atoms with van der Waals surface area (Å²) >= 11 is 1.78. The minimum Gasteiger partial charge on any atom is -0.443 e. The number of nitrogens with two attached hydrogens (primary N) is 1. The van der Waals surface area contributed by atoms with E-state index in [1.54, 1.807) is 0 Å². The number of aromatic nitrogens is 3. The van der Waals surface area contributed by atoms with E-state index in [4.69, 9.17) is 10.5 Å². The van der Waals surface area contributed by atoms with Gasteiger partial charge in [-0.25, -0.2) is 13.6 Å². The molecule has 0 bridgehead atoms. The van der Waals surface area contributed by atoms with Crippen molar-refractivity contribution in [1.29, 1.82) is 0 Å². The Morgan fingerprint density at radius 3 is 2.42 bits per heavy atom. The fraction of sp³-hybridized carbons (Fsp3) is 0.261. The lowest BCUT2D eigenvalue weighted by Crippen LogP contribution is -2.36. The van der Waals surface area contributed by atoms with Gasteiger partial charge in [-0.3, -0.25) is 28.1 Å². The van der Waals surface area contributed by atoms with Crippen LogP contribution in [0.25, 0.3) is 21.5 Å². The van der Waals surface area contributed by atoms with Crippen molar-refractivity contribution >= 4 is 44.8 Å². The van der Waals surface area contributed by atoms with Gasteiger partial charge in [-0.05, 0) is 23.1 Å². The minimum atomic E-state index is -5.34. The summed E-state index contributed by atoms with van der Waals surface area (Å²) in [6.45, 7) is -1.25. The first kappa shape index (κ1) is 29.0. The highest BCUT2D eigenvalue weighted by molar-refractivity contribution is 7.17. The number of nitrogens with zero attached hydrogens (tertiary/aromatic N) is 4. The molecule has 0 saturated heterocycles. The molecule has 2 N–H and O–H groups in total. The number of benzene rings is 1. The normalized spacial score (nSPS) is 12.3. The smallest absolute Gasteiger partial charge is 0.422 e. The summed E-state index contributed by atoms with van der Waals surface area (Å²) < 4.78 is 76.7. The van der Waals surface area contributed by atoms with Gasteiger partial charge in [-0.1, -0.05) is 0 Å². The van der Waals surface area contributed by atoms with Gasteiger partial charge in [0, 0.05) is 25.0 Å². The quantitative estimate of drug-likeness (QED) is 0.266. The van der Waals surface area contributed by atoms with Crippen molar-refractivity contribution in [1.82, 2.24) is 13.7 Å². The van der Waals surface area contributed by atoms with Gasteiger partial charge in [-0.15, -0.1) is 22.7 Å². The number of thiophene rings is 1. The summed E-state index contributed by atoms with van der Waals surface area (Å²) in [4.78, 5) is 53.5. The van der Waals surface area contributed by atoms with Crippen LogP contribution in [-0.2, 0) is 47.7 Å². The van der Waals surface area contributed by atoms with Gasteiger partial charge in [-0.2, -0.15) is 18.2 Å². The monoisotopic (exact) mass is 603 g/mol. The average Bonchev–Trinajstić information content (AvgIpc) is 3.48. The van der Waals surface area contributed by atoms with Crippen LogP contribution in [-0.4, -0.2) is 32.1 Å². The number of aryl methyl sites for hydroxylation is 1. The SMILES string of the molecule is Cn1c(=O)c2c(CC(=O)/N=c3\scc(-c4ccc(F)c(C(F)(F)F)c4F)n3COC(=O)CN)csc2n(C)c1=O. The van der Waals surface area contributed by atoms with Crippen molar-refractivity contribution in [2.24, 2.45) is 24.8 Å². The minimum absolute atomic E-state index is 0.142. The van der Waals surface area contributed by atoms with E-state index in [9.17, 15) is 41.1 Å². The topological polar surface area (TPSA) is 131 Å². The highest BCUT2D eigenvalue weighted by Gasteiger charge is 2.39. The van der Waals surface area contributed by atoms with Gasteiger partial charge in [0.15, 0.2) is 11.5 Å². The number of hydrogen-bond donors (Lipinski definition) is 1. The number of carbonyl (C=O) groups is 2. The molecule has 0 radical (unpaired) electrons. The van der Waals surface area contributed by atoms with Crippen LogP contribution in [0.4, 0.5) is 22.0 Å². The van der Waals surface area contributed by atoms with Crippen molar-refractivity contribution in [3.05, 3.63) is 71.3 Å². The van der Waals surface area contributed by atoms with E-state index in [0.29, 0.717) is 22.2 Å². The summed E-state index contributed by atoms with van der Waals surface area (Å²) in [5, 5.41) is 2.81. The molecule has 212 valence electrons. The van der Waals surface area contributed by atoms with Crippen LogP contribution in [0.15, 0.2) is 37.5 Å². The van der Waals surface area contributed by atoms with Gasteiger partial charge >= 0.3 is 17.8 Å². The van der Waals surface area contributed by atoms with Crippen molar-refractivity contribution in [3.8, 4) is 11.3 Å². The Labute approximate surface area is 228 Å². The van der Waals surface area contributed by atoms with Crippen molar-refractivity contribution < 1.29 is 36.3 Å². The summed E-state index contributed by atoms with van der Waals surface area (Å²) in [7, 11) is 2.75. The van der Waals surface area contributed by atoms with Gasteiger partial charge in [0.25, 0.3) is 11.5 Å². The molecule has 1 amide bonds. The van der Waals surface area contributed by atoms with Crippen LogP contribution in [0.2, 0.25) is 0 Å². The van der Waals surface area contributed by atoms with E-state index in [1.165, 1.54) is 24.0 Å². The van der Waals surface area contributed by atoms with Crippen molar-refractivity contribution in [2.45, 2.75) is 19.3 Å². The van der Waals surface area contributed by atoms with E-state index in [0.717, 1.165) is 31.9 Å². The number of fused-ring (bicyclic) bond motifs is 1. The van der Waals surface area contributed by atoms with Gasteiger partial charge in [0.05, 0.1) is 24.0 Å². The molecule has 0 atom stereocenters. The molecule has 4 aromatic rings. The van der Waals surface area contributed by atoms with Crippen LogP contribution in [0.1, 0.15) is 11.1 Å². The molecule has 0 saturated carbocycles. The molecule has 40 heavy (non-hydrogen) atoms. The molecule has 0 unspecified atom stereocenters. The fourth-order valence-corrected chi connectivity index (χ4v) is 5.76. The fourth-order valence-electron chi connectivity index (χ4n) is 3.83. The zero-order valence-corrected chi connectivity index (χ0v) is 22.2. The molecule has 3 aromatic heterocycles. The summed E-state index contributed by atoms with van der Waals surface area (Å²) in [6, 6.07) is 1.21. The molecule has 3 heterocycles. The Balaban J connectivity index is 1.81. The third kappa shape index (κ3) is 5.26. The highest BCUT2D eigenvalue weighted by atomic mass is 32.1. The number of ether oxygens (including phenoxy) is 1. The predicted molar refractivity (Wildman–Crippen MR) is 134 cm³/mol. The molecule has 1 aromatic carbocycles.